The fraction of sp³-hybridized carbons (Fsp3) is 0.350. The SMILES string of the molecule is O=C(O)C1OC(OC2c3cc4ccccc4cc3C=CC2O)C(O)C(O)C1O. The van der Waals surface area contributed by atoms with Crippen molar-refractivity contribution < 1.29 is 39.8 Å². The van der Waals surface area contributed by atoms with Crippen molar-refractivity contribution in [3.8, 4) is 0 Å². The summed E-state index contributed by atoms with van der Waals surface area (Å²) in [6.45, 7) is 0. The van der Waals surface area contributed by atoms with Gasteiger partial charge in [0.15, 0.2) is 12.4 Å². The highest BCUT2D eigenvalue weighted by molar-refractivity contribution is 5.86. The first-order chi connectivity index (χ1) is 13.4. The predicted molar refractivity (Wildman–Crippen MR) is 97.1 cm³/mol. The Bertz CT molecular complexity index is 926. The Kier molecular flexibility index (Phi) is 4.92. The molecule has 1 saturated heterocycles. The van der Waals surface area contributed by atoms with Crippen LogP contribution in [0.5, 0.6) is 0 Å². The van der Waals surface area contributed by atoms with Crippen LogP contribution in [0.15, 0.2) is 42.5 Å². The number of ether oxygens (including phenoxy) is 2. The number of benzene rings is 2. The zero-order valence-corrected chi connectivity index (χ0v) is 14.6. The first-order valence-corrected chi connectivity index (χ1v) is 8.83. The zero-order valence-electron chi connectivity index (χ0n) is 14.6. The molecule has 2 aliphatic rings. The zero-order chi connectivity index (χ0) is 20.0. The lowest BCUT2D eigenvalue weighted by Gasteiger charge is -2.40. The number of carboxylic acids is 1. The van der Waals surface area contributed by atoms with Crippen LogP contribution in [0.3, 0.4) is 0 Å². The van der Waals surface area contributed by atoms with E-state index in [0.29, 0.717) is 5.56 Å². The van der Waals surface area contributed by atoms with E-state index >= 15 is 0 Å². The maximum atomic E-state index is 11.3. The smallest absolute Gasteiger partial charge is 0.335 e. The number of carboxylic acid groups (broad SMARTS) is 1. The number of aliphatic carboxylic acids is 1. The van der Waals surface area contributed by atoms with Crippen molar-refractivity contribution in [1.29, 1.82) is 0 Å². The van der Waals surface area contributed by atoms with E-state index in [9.17, 15) is 30.3 Å². The van der Waals surface area contributed by atoms with Crippen molar-refractivity contribution in [2.45, 2.75) is 42.9 Å². The minimum atomic E-state index is -1.81. The molecule has 1 aliphatic carbocycles. The van der Waals surface area contributed by atoms with Crippen molar-refractivity contribution in [3.05, 3.63) is 53.6 Å². The van der Waals surface area contributed by atoms with Crippen LogP contribution in [-0.4, -0.2) is 68.3 Å². The molecule has 2 aromatic rings. The molecule has 1 aliphatic heterocycles. The third kappa shape index (κ3) is 3.20. The summed E-state index contributed by atoms with van der Waals surface area (Å²) < 4.78 is 10.9. The van der Waals surface area contributed by atoms with Gasteiger partial charge in [0.2, 0.25) is 0 Å². The van der Waals surface area contributed by atoms with Gasteiger partial charge in [-0.25, -0.2) is 4.79 Å². The molecule has 5 N–H and O–H groups in total. The number of rotatable bonds is 3. The van der Waals surface area contributed by atoms with Gasteiger partial charge in [-0.2, -0.15) is 0 Å². The number of carbonyl (C=O) groups is 1. The van der Waals surface area contributed by atoms with Crippen LogP contribution in [0.1, 0.15) is 17.2 Å². The van der Waals surface area contributed by atoms with E-state index in [1.54, 1.807) is 6.08 Å². The fourth-order valence-electron chi connectivity index (χ4n) is 3.62. The van der Waals surface area contributed by atoms with Crippen LogP contribution < -0.4 is 0 Å². The Morgan fingerprint density at radius 2 is 1.64 bits per heavy atom. The van der Waals surface area contributed by atoms with Crippen LogP contribution in [0.4, 0.5) is 0 Å². The summed E-state index contributed by atoms with van der Waals surface area (Å²) in [6.07, 6.45) is -7.33. The Labute approximate surface area is 159 Å². The van der Waals surface area contributed by atoms with Crippen molar-refractivity contribution in [2.75, 3.05) is 0 Å². The van der Waals surface area contributed by atoms with E-state index in [1.807, 2.05) is 36.4 Å². The van der Waals surface area contributed by atoms with Gasteiger partial charge in [0.25, 0.3) is 0 Å². The van der Waals surface area contributed by atoms with Gasteiger partial charge in [-0.15, -0.1) is 0 Å². The largest absolute Gasteiger partial charge is 0.479 e. The van der Waals surface area contributed by atoms with E-state index < -0.39 is 48.9 Å². The first-order valence-electron chi connectivity index (χ1n) is 8.83. The second-order valence-electron chi connectivity index (χ2n) is 6.97. The molecular formula is C20H20O8. The number of aliphatic hydroxyl groups is 4. The summed E-state index contributed by atoms with van der Waals surface area (Å²) >= 11 is 0. The van der Waals surface area contributed by atoms with Gasteiger partial charge in [-0.1, -0.05) is 36.4 Å². The lowest BCUT2D eigenvalue weighted by molar-refractivity contribution is -0.310. The molecule has 0 saturated carbocycles. The normalized spacial score (nSPS) is 34.9. The Morgan fingerprint density at radius 3 is 2.32 bits per heavy atom. The summed E-state index contributed by atoms with van der Waals surface area (Å²) in [6, 6.07) is 11.4. The molecule has 28 heavy (non-hydrogen) atoms. The molecule has 8 nitrogen and oxygen atoms in total. The van der Waals surface area contributed by atoms with Crippen molar-refractivity contribution in [2.24, 2.45) is 0 Å². The van der Waals surface area contributed by atoms with Crippen LogP contribution in [0.25, 0.3) is 16.8 Å². The summed E-state index contributed by atoms with van der Waals surface area (Å²) in [7, 11) is 0. The lowest BCUT2D eigenvalue weighted by atomic mass is 9.90. The molecule has 1 heterocycles. The predicted octanol–water partition coefficient (Wildman–Crippen LogP) is 0.177. The highest BCUT2D eigenvalue weighted by Gasteiger charge is 2.48. The minimum absolute atomic E-state index is 0.636. The standard InChI is InChI=1S/C20H20O8/c21-13-6-5-11-7-9-3-1-2-4-10(9)8-12(11)17(13)27-20-16(24)14(22)15(23)18(28-20)19(25)26/h1-8,13-18,20-24H,(H,25,26). The fourth-order valence-corrected chi connectivity index (χ4v) is 3.62. The molecule has 0 aromatic heterocycles. The van der Waals surface area contributed by atoms with Gasteiger partial charge in [0.05, 0.1) is 0 Å². The average molecular weight is 388 g/mol. The monoisotopic (exact) mass is 388 g/mol. The Hall–Kier alpha value is -2.33. The van der Waals surface area contributed by atoms with Gasteiger partial charge in [-0.3, -0.25) is 0 Å². The molecule has 2 aromatic carbocycles. The maximum absolute atomic E-state index is 11.3. The number of aliphatic hydroxyl groups excluding tert-OH is 4. The topological polar surface area (TPSA) is 137 Å². The van der Waals surface area contributed by atoms with Crippen LogP contribution in [-0.2, 0) is 14.3 Å². The third-order valence-corrected chi connectivity index (χ3v) is 5.13. The molecule has 7 atom stereocenters. The molecule has 7 unspecified atom stereocenters. The first kappa shape index (κ1) is 19.0. The van der Waals surface area contributed by atoms with Crippen LogP contribution in [0.2, 0.25) is 0 Å². The van der Waals surface area contributed by atoms with E-state index in [0.717, 1.165) is 16.3 Å². The van der Waals surface area contributed by atoms with E-state index in [1.165, 1.54) is 6.08 Å². The molecule has 1 fully saturated rings. The van der Waals surface area contributed by atoms with Crippen molar-refractivity contribution in [3.63, 3.8) is 0 Å². The van der Waals surface area contributed by atoms with E-state index in [4.69, 9.17) is 9.47 Å². The molecular weight excluding hydrogens is 368 g/mol. The maximum Gasteiger partial charge on any atom is 0.335 e. The Morgan fingerprint density at radius 1 is 0.964 bits per heavy atom. The van der Waals surface area contributed by atoms with Gasteiger partial charge in [0, 0.05) is 0 Å². The van der Waals surface area contributed by atoms with Crippen molar-refractivity contribution in [1.82, 2.24) is 0 Å². The molecule has 0 spiro atoms. The van der Waals surface area contributed by atoms with Gasteiger partial charge >= 0.3 is 5.97 Å². The van der Waals surface area contributed by atoms with Crippen molar-refractivity contribution >= 4 is 22.8 Å². The average Bonchev–Trinajstić information content (AvgIpc) is 2.68. The molecule has 0 amide bonds. The molecule has 0 radical (unpaired) electrons. The molecule has 0 bridgehead atoms. The molecule has 8 heteroatoms. The summed E-state index contributed by atoms with van der Waals surface area (Å²) in [5.41, 5.74) is 1.44. The van der Waals surface area contributed by atoms with Gasteiger partial charge < -0.3 is 35.0 Å². The van der Waals surface area contributed by atoms with Crippen LogP contribution in [0, 0.1) is 0 Å². The summed E-state index contributed by atoms with van der Waals surface area (Å²) in [5, 5.41) is 51.5. The minimum Gasteiger partial charge on any atom is -0.479 e. The highest BCUT2D eigenvalue weighted by atomic mass is 16.7. The number of fused-ring (bicyclic) bond motifs is 2. The number of hydrogen-bond donors (Lipinski definition) is 5. The highest BCUT2D eigenvalue weighted by Crippen LogP contribution is 2.36. The van der Waals surface area contributed by atoms with Crippen LogP contribution >= 0.6 is 0 Å². The van der Waals surface area contributed by atoms with Gasteiger partial charge in [0.1, 0.15) is 30.5 Å². The second kappa shape index (κ2) is 7.25. The quantitative estimate of drug-likeness (QED) is 0.502. The molecule has 4 rings (SSSR count). The number of hydrogen-bond acceptors (Lipinski definition) is 7. The van der Waals surface area contributed by atoms with E-state index in [-0.39, 0.29) is 0 Å². The lowest BCUT2D eigenvalue weighted by Crippen LogP contribution is -2.60. The summed E-state index contributed by atoms with van der Waals surface area (Å²) in [5.74, 6) is -1.50. The Balaban J connectivity index is 1.67. The molecule has 148 valence electrons. The van der Waals surface area contributed by atoms with Gasteiger partial charge in [-0.05, 0) is 34.0 Å². The third-order valence-electron chi connectivity index (χ3n) is 5.13. The van der Waals surface area contributed by atoms with E-state index in [2.05, 4.69) is 0 Å². The summed E-state index contributed by atoms with van der Waals surface area (Å²) in [4.78, 5) is 11.3. The second-order valence-corrected chi connectivity index (χ2v) is 6.97.